The van der Waals surface area contributed by atoms with Crippen LogP contribution in [0, 0.1) is 51.2 Å². The lowest BCUT2D eigenvalue weighted by atomic mass is 9.33. The largest absolute Gasteiger partial charge is 0.508 e. The molecule has 7 aliphatic carbocycles. The van der Waals surface area contributed by atoms with E-state index in [1.54, 1.807) is 6.07 Å². The number of nitrogen functional groups attached to an aromatic ring is 1. The third-order valence-corrected chi connectivity index (χ3v) is 18.2. The number of allylic oxidation sites excluding steroid dienone is 4. The number of aliphatic hydroxyl groups is 1. The van der Waals surface area contributed by atoms with Gasteiger partial charge in [-0.3, -0.25) is 9.59 Å². The van der Waals surface area contributed by atoms with Gasteiger partial charge >= 0.3 is 0 Å². The van der Waals surface area contributed by atoms with Gasteiger partial charge in [-0.2, -0.15) is 0 Å². The summed E-state index contributed by atoms with van der Waals surface area (Å²) in [5, 5.41) is 26.0. The Kier molecular flexibility index (Phi) is 9.20. The van der Waals surface area contributed by atoms with Gasteiger partial charge < -0.3 is 26.0 Å². The number of anilines is 1. The topological polar surface area (TPSA) is 125 Å². The molecule has 5 N–H and O–H groups in total. The molecule has 0 amide bonds. The molecule has 2 aromatic carbocycles. The summed E-state index contributed by atoms with van der Waals surface area (Å²) in [6, 6.07) is 14.0. The Morgan fingerprint density at radius 2 is 1.77 bits per heavy atom. The summed E-state index contributed by atoms with van der Waals surface area (Å²) in [5.41, 5.74) is 11.0. The SMILES string of the molecule is CNCc1cc(O)cc(C2C(=O)C3(C)CC=CC2C2(C)C3CCC3(C)C2CCC2=C(C(C)CC(O)C4OC4(C)C4CCCC4c4cccc(N)c4)C(=O)CC23C)c1. The molecule has 1 aliphatic heterocycles. The van der Waals surface area contributed by atoms with E-state index >= 15 is 0 Å². The van der Waals surface area contributed by atoms with Gasteiger partial charge in [0.25, 0.3) is 0 Å². The van der Waals surface area contributed by atoms with Crippen LogP contribution in [-0.4, -0.2) is 46.6 Å². The fourth-order valence-corrected chi connectivity index (χ4v) is 15.5. The average Bonchev–Trinajstić information content (AvgIpc) is 3.53. The molecule has 1 heterocycles. The summed E-state index contributed by atoms with van der Waals surface area (Å²) >= 11 is 0. The van der Waals surface area contributed by atoms with E-state index < -0.39 is 11.5 Å². The van der Waals surface area contributed by atoms with Crippen molar-refractivity contribution >= 4 is 17.3 Å². The quantitative estimate of drug-likeness (QED) is 0.114. The van der Waals surface area contributed by atoms with Crippen LogP contribution in [0.15, 0.2) is 65.8 Å². The number of phenolic OH excluding ortho intramolecular Hbond substituents is 1. The zero-order valence-electron chi connectivity index (χ0n) is 35.4. The van der Waals surface area contributed by atoms with Gasteiger partial charge in [-0.15, -0.1) is 0 Å². The van der Waals surface area contributed by atoms with E-state index in [9.17, 15) is 19.8 Å². The first-order valence-corrected chi connectivity index (χ1v) is 22.2. The number of hydrogen-bond acceptors (Lipinski definition) is 7. The fourth-order valence-electron chi connectivity index (χ4n) is 15.5. The number of benzene rings is 2. The van der Waals surface area contributed by atoms with Gasteiger partial charge in [0.15, 0.2) is 5.78 Å². The average molecular weight is 775 g/mol. The Morgan fingerprint density at radius 3 is 2.53 bits per heavy atom. The van der Waals surface area contributed by atoms with E-state index in [-0.39, 0.29) is 63.2 Å². The van der Waals surface area contributed by atoms with Crippen LogP contribution in [0.1, 0.15) is 134 Å². The molecule has 5 fully saturated rings. The highest BCUT2D eigenvalue weighted by Gasteiger charge is 2.72. The third kappa shape index (κ3) is 5.53. The molecule has 14 unspecified atom stereocenters. The summed E-state index contributed by atoms with van der Waals surface area (Å²) in [4.78, 5) is 29.3. The van der Waals surface area contributed by atoms with Gasteiger partial charge in [0.05, 0.1) is 17.6 Å². The molecule has 14 atom stereocenters. The molecule has 1 saturated heterocycles. The predicted molar refractivity (Wildman–Crippen MR) is 224 cm³/mol. The molecule has 4 saturated carbocycles. The molecule has 0 aromatic heterocycles. The van der Waals surface area contributed by atoms with E-state index in [4.69, 9.17) is 10.5 Å². The number of ketones is 2. The first kappa shape index (κ1) is 39.2. The summed E-state index contributed by atoms with van der Waals surface area (Å²) in [7, 11) is 1.90. The van der Waals surface area contributed by atoms with Gasteiger partial charge in [0.1, 0.15) is 17.6 Å². The number of carbonyl (C=O) groups is 2. The maximum absolute atomic E-state index is 14.9. The normalized spacial score (nSPS) is 43.1. The second-order valence-corrected chi connectivity index (χ2v) is 20.9. The maximum Gasteiger partial charge on any atom is 0.159 e. The fraction of sp³-hybridized carbons (Fsp3) is 0.640. The number of ether oxygens (including phenoxy) is 1. The highest BCUT2D eigenvalue weighted by atomic mass is 16.6. The zero-order valence-corrected chi connectivity index (χ0v) is 35.4. The molecular formula is C50H66N2O5. The predicted octanol–water partition coefficient (Wildman–Crippen LogP) is 9.18. The van der Waals surface area contributed by atoms with Crippen LogP contribution in [-0.2, 0) is 20.9 Å². The smallest absolute Gasteiger partial charge is 0.159 e. The van der Waals surface area contributed by atoms with Crippen LogP contribution in [0.25, 0.3) is 0 Å². The lowest BCUT2D eigenvalue weighted by Crippen LogP contribution is -2.66. The van der Waals surface area contributed by atoms with E-state index in [1.165, 1.54) is 11.1 Å². The van der Waals surface area contributed by atoms with Crippen molar-refractivity contribution in [3.05, 3.63) is 82.5 Å². The van der Waals surface area contributed by atoms with E-state index in [0.29, 0.717) is 42.9 Å². The number of Topliss-reactive ketones (excluding diaryl/α,β-unsaturated/α-hetero) is 2. The maximum atomic E-state index is 14.9. The second kappa shape index (κ2) is 13.4. The van der Waals surface area contributed by atoms with E-state index in [1.807, 2.05) is 25.2 Å². The minimum atomic E-state index is -0.643. The van der Waals surface area contributed by atoms with Crippen LogP contribution in [0.4, 0.5) is 5.69 Å². The van der Waals surface area contributed by atoms with Crippen molar-refractivity contribution < 1.29 is 24.5 Å². The number of phenols is 1. The molecule has 8 aliphatic rings. The van der Waals surface area contributed by atoms with Gasteiger partial charge in [-0.25, -0.2) is 0 Å². The molecule has 7 heteroatoms. The van der Waals surface area contributed by atoms with Crippen molar-refractivity contribution in [1.82, 2.24) is 5.32 Å². The summed E-state index contributed by atoms with van der Waals surface area (Å²) in [6.45, 7) is 14.6. The van der Waals surface area contributed by atoms with Crippen LogP contribution >= 0.6 is 0 Å². The number of aromatic hydroxyl groups is 1. The number of rotatable bonds is 9. The van der Waals surface area contributed by atoms with Crippen LogP contribution in [0.5, 0.6) is 5.75 Å². The molecule has 7 nitrogen and oxygen atoms in total. The Balaban J connectivity index is 0.996. The third-order valence-electron chi connectivity index (χ3n) is 18.2. The van der Waals surface area contributed by atoms with Crippen molar-refractivity contribution in [2.75, 3.05) is 12.8 Å². The van der Waals surface area contributed by atoms with Crippen LogP contribution in [0.2, 0.25) is 0 Å². The lowest BCUT2D eigenvalue weighted by Gasteiger charge is -2.70. The number of aliphatic hydroxyl groups excluding tert-OH is 1. The molecular weight excluding hydrogens is 709 g/mol. The summed E-state index contributed by atoms with van der Waals surface area (Å²) < 4.78 is 6.48. The Labute approximate surface area is 340 Å². The van der Waals surface area contributed by atoms with E-state index in [2.05, 4.69) is 77.2 Å². The first-order chi connectivity index (χ1) is 27.0. The van der Waals surface area contributed by atoms with Gasteiger partial charge in [0, 0.05) is 29.5 Å². The number of nitrogens with two attached hydrogens (primary N) is 1. The van der Waals surface area contributed by atoms with Crippen LogP contribution < -0.4 is 11.1 Å². The minimum absolute atomic E-state index is 0.00535. The highest BCUT2D eigenvalue weighted by Crippen LogP contribution is 2.77. The number of carbonyl (C=O) groups excluding carboxylic acids is 2. The van der Waals surface area contributed by atoms with Gasteiger partial charge in [0.2, 0.25) is 0 Å². The monoisotopic (exact) mass is 774 g/mol. The molecule has 10 rings (SSSR count). The number of nitrogens with one attached hydrogen (secondary N) is 1. The molecule has 0 radical (unpaired) electrons. The Hall–Kier alpha value is -3.26. The van der Waals surface area contributed by atoms with Crippen molar-refractivity contribution in [3.8, 4) is 5.75 Å². The van der Waals surface area contributed by atoms with Crippen molar-refractivity contribution in [2.24, 2.45) is 51.2 Å². The Morgan fingerprint density at radius 1 is 0.982 bits per heavy atom. The second-order valence-electron chi connectivity index (χ2n) is 20.9. The number of hydrogen-bond donors (Lipinski definition) is 4. The number of fused-ring (bicyclic) bond motifs is 5. The van der Waals surface area contributed by atoms with E-state index in [0.717, 1.165) is 73.8 Å². The molecule has 306 valence electrons. The van der Waals surface area contributed by atoms with Crippen molar-refractivity contribution in [2.45, 2.75) is 142 Å². The molecule has 0 spiro atoms. The zero-order chi connectivity index (χ0) is 40.4. The molecule has 57 heavy (non-hydrogen) atoms. The minimum Gasteiger partial charge on any atom is -0.508 e. The summed E-state index contributed by atoms with van der Waals surface area (Å²) in [6.07, 6.45) is 12.8. The van der Waals surface area contributed by atoms with Crippen molar-refractivity contribution in [3.63, 3.8) is 0 Å². The Bertz CT molecular complexity index is 2060. The lowest BCUT2D eigenvalue weighted by molar-refractivity contribution is -0.196. The number of epoxide rings is 1. The molecule has 2 bridgehead atoms. The van der Waals surface area contributed by atoms with Gasteiger partial charge in [-0.05, 0) is 158 Å². The van der Waals surface area contributed by atoms with Crippen molar-refractivity contribution in [1.29, 1.82) is 0 Å². The molecule has 2 aromatic rings. The standard InChI is InChI=1S/C50H66N2O5/c1-28(21-38(54)45-50(6,57-45)35-14-9-13-34(35)30-11-8-12-32(51)24-30)42-36-16-17-41-47(3,48(36,4)26-39(42)55)20-18-40-46(2)19-10-15-37(49(40,41)5)43(44(46)56)31-22-29(27-52-7)23-33(53)25-31/h8,10-12,15,22-25,28,34-35,37-38,40-41,43,45,52-54H,9,13-14,16-21,26-27,51H2,1-7H3. The summed E-state index contributed by atoms with van der Waals surface area (Å²) in [5.74, 6) is 1.67. The first-order valence-electron chi connectivity index (χ1n) is 22.2. The van der Waals surface area contributed by atoms with Crippen LogP contribution in [0.3, 0.4) is 0 Å². The van der Waals surface area contributed by atoms with Gasteiger partial charge in [-0.1, -0.05) is 77.0 Å². The highest BCUT2D eigenvalue weighted by molar-refractivity contribution is 6.00.